The van der Waals surface area contributed by atoms with Crippen molar-refractivity contribution in [3.05, 3.63) is 57.9 Å². The minimum absolute atomic E-state index is 0.142. The normalized spacial score (nSPS) is 15.5. The summed E-state index contributed by atoms with van der Waals surface area (Å²) < 4.78 is 5.88. The molecule has 6 nitrogen and oxygen atoms in total. The highest BCUT2D eigenvalue weighted by Crippen LogP contribution is 2.38. The van der Waals surface area contributed by atoms with Crippen molar-refractivity contribution in [2.24, 2.45) is 0 Å². The van der Waals surface area contributed by atoms with Gasteiger partial charge in [-0.25, -0.2) is 4.98 Å². The highest BCUT2D eigenvalue weighted by atomic mass is 35.5. The number of carbonyl (C=O) groups is 2. The summed E-state index contributed by atoms with van der Waals surface area (Å²) in [7, 11) is 0. The molecule has 2 amide bonds. The van der Waals surface area contributed by atoms with E-state index in [9.17, 15) is 9.59 Å². The van der Waals surface area contributed by atoms with E-state index >= 15 is 0 Å². The second-order valence-corrected chi connectivity index (χ2v) is 8.37. The monoisotopic (exact) mass is 441 g/mol. The van der Waals surface area contributed by atoms with Crippen molar-refractivity contribution in [2.45, 2.75) is 26.4 Å². The van der Waals surface area contributed by atoms with Gasteiger partial charge < -0.3 is 10.1 Å². The number of para-hydroxylation sites is 1. The van der Waals surface area contributed by atoms with Crippen molar-refractivity contribution in [2.75, 3.05) is 16.8 Å². The fourth-order valence-electron chi connectivity index (χ4n) is 3.30. The average Bonchev–Trinajstić information content (AvgIpc) is 3.17. The molecule has 1 N–H and O–H groups in total. The standard InChI is InChI=1S/C22H20ClN3O3S/c1-3-19-22(28)26(11-21(27)25-16-7-5-4-6-15(16)23)18-10-14(8-9-20(18)29-19)17-12-30-13(2)24-17/h4-10,12,19H,3,11H2,1-2H3,(H,25,27). The fourth-order valence-corrected chi connectivity index (χ4v) is 4.10. The summed E-state index contributed by atoms with van der Waals surface area (Å²) in [6.07, 6.45) is -0.119. The van der Waals surface area contributed by atoms with Crippen LogP contribution in [0.1, 0.15) is 18.4 Å². The smallest absolute Gasteiger partial charge is 0.268 e. The van der Waals surface area contributed by atoms with Gasteiger partial charge in [0.25, 0.3) is 5.91 Å². The van der Waals surface area contributed by atoms with Crippen molar-refractivity contribution in [3.63, 3.8) is 0 Å². The van der Waals surface area contributed by atoms with E-state index in [1.54, 1.807) is 35.6 Å². The van der Waals surface area contributed by atoms with Gasteiger partial charge in [-0.2, -0.15) is 0 Å². The zero-order chi connectivity index (χ0) is 21.3. The number of hydrogen-bond acceptors (Lipinski definition) is 5. The Morgan fingerprint density at radius 3 is 2.80 bits per heavy atom. The summed E-state index contributed by atoms with van der Waals surface area (Å²) in [5, 5.41) is 6.13. The minimum atomic E-state index is -0.627. The number of carbonyl (C=O) groups excluding carboxylic acids is 2. The zero-order valence-electron chi connectivity index (χ0n) is 16.5. The summed E-state index contributed by atoms with van der Waals surface area (Å²) in [6, 6.07) is 12.6. The number of thiazole rings is 1. The maximum Gasteiger partial charge on any atom is 0.268 e. The SMILES string of the molecule is CCC1Oc2ccc(-c3csc(C)n3)cc2N(CC(=O)Nc2ccccc2Cl)C1=O. The number of aromatic nitrogens is 1. The first kappa shape index (κ1) is 20.4. The second kappa shape index (κ2) is 8.45. The van der Waals surface area contributed by atoms with Gasteiger partial charge in [0.2, 0.25) is 5.91 Å². The molecule has 1 aliphatic heterocycles. The van der Waals surface area contributed by atoms with E-state index in [1.807, 2.05) is 37.4 Å². The zero-order valence-corrected chi connectivity index (χ0v) is 18.1. The van der Waals surface area contributed by atoms with Crippen LogP contribution < -0.4 is 15.0 Å². The van der Waals surface area contributed by atoms with Crippen molar-refractivity contribution in [1.82, 2.24) is 4.98 Å². The number of aryl methyl sites for hydroxylation is 1. The topological polar surface area (TPSA) is 71.5 Å². The van der Waals surface area contributed by atoms with Crippen LogP contribution in [0.3, 0.4) is 0 Å². The lowest BCUT2D eigenvalue weighted by atomic mass is 10.1. The molecule has 0 bridgehead atoms. The molecular weight excluding hydrogens is 422 g/mol. The molecule has 1 aliphatic rings. The molecule has 1 aromatic heterocycles. The third kappa shape index (κ3) is 4.04. The molecule has 0 saturated heterocycles. The average molecular weight is 442 g/mol. The number of rotatable bonds is 5. The molecule has 8 heteroatoms. The molecule has 3 aromatic rings. The molecule has 30 heavy (non-hydrogen) atoms. The number of nitrogens with one attached hydrogen (secondary N) is 1. The Hall–Kier alpha value is -2.90. The molecule has 0 spiro atoms. The first-order valence-corrected chi connectivity index (χ1v) is 10.8. The quantitative estimate of drug-likeness (QED) is 0.610. The van der Waals surface area contributed by atoms with E-state index in [0.29, 0.717) is 28.6 Å². The van der Waals surface area contributed by atoms with Crippen LogP contribution in [0, 0.1) is 6.92 Å². The van der Waals surface area contributed by atoms with Crippen molar-refractivity contribution in [1.29, 1.82) is 0 Å². The largest absolute Gasteiger partial charge is 0.478 e. The maximum absolute atomic E-state index is 13.0. The van der Waals surface area contributed by atoms with Gasteiger partial charge in [0.1, 0.15) is 12.3 Å². The maximum atomic E-state index is 13.0. The highest BCUT2D eigenvalue weighted by molar-refractivity contribution is 7.09. The number of halogens is 1. The lowest BCUT2D eigenvalue weighted by molar-refractivity contribution is -0.128. The van der Waals surface area contributed by atoms with Crippen LogP contribution in [0.4, 0.5) is 11.4 Å². The van der Waals surface area contributed by atoms with E-state index in [2.05, 4.69) is 10.3 Å². The number of anilines is 2. The Labute approximate surface area is 183 Å². The number of benzene rings is 2. The summed E-state index contributed by atoms with van der Waals surface area (Å²) in [5.41, 5.74) is 2.75. The van der Waals surface area contributed by atoms with E-state index in [-0.39, 0.29) is 18.4 Å². The fraction of sp³-hybridized carbons (Fsp3) is 0.227. The summed E-state index contributed by atoms with van der Waals surface area (Å²) in [4.78, 5) is 31.7. The first-order chi connectivity index (χ1) is 14.5. The first-order valence-electron chi connectivity index (χ1n) is 9.55. The number of amides is 2. The Morgan fingerprint density at radius 2 is 2.10 bits per heavy atom. The predicted molar refractivity (Wildman–Crippen MR) is 119 cm³/mol. The van der Waals surface area contributed by atoms with Gasteiger partial charge in [0.15, 0.2) is 6.10 Å². The van der Waals surface area contributed by atoms with Gasteiger partial charge in [-0.15, -0.1) is 11.3 Å². The molecule has 2 aromatic carbocycles. The van der Waals surface area contributed by atoms with Gasteiger partial charge >= 0.3 is 0 Å². The molecular formula is C22H20ClN3O3S. The summed E-state index contributed by atoms with van der Waals surface area (Å²) in [5.74, 6) is -0.0114. The number of nitrogens with zero attached hydrogens (tertiary/aromatic N) is 2. The van der Waals surface area contributed by atoms with Crippen molar-refractivity contribution < 1.29 is 14.3 Å². The second-order valence-electron chi connectivity index (χ2n) is 6.90. The van der Waals surface area contributed by atoms with Gasteiger partial charge in [0, 0.05) is 10.9 Å². The molecule has 1 atom stereocenters. The van der Waals surface area contributed by atoms with Crippen molar-refractivity contribution in [3.8, 4) is 17.0 Å². The Kier molecular flexibility index (Phi) is 5.74. The highest BCUT2D eigenvalue weighted by Gasteiger charge is 2.34. The van der Waals surface area contributed by atoms with Gasteiger partial charge in [0.05, 0.1) is 27.1 Å². The Morgan fingerprint density at radius 1 is 1.30 bits per heavy atom. The van der Waals surface area contributed by atoms with Crippen LogP contribution in [0.5, 0.6) is 5.75 Å². The lowest BCUT2D eigenvalue weighted by Gasteiger charge is -2.34. The Bertz CT molecular complexity index is 1110. The molecule has 1 unspecified atom stereocenters. The Balaban J connectivity index is 1.65. The van der Waals surface area contributed by atoms with Gasteiger partial charge in [-0.1, -0.05) is 30.7 Å². The molecule has 2 heterocycles. The molecule has 0 fully saturated rings. The van der Waals surface area contributed by atoms with Crippen LogP contribution in [0.15, 0.2) is 47.8 Å². The van der Waals surface area contributed by atoms with Gasteiger partial charge in [-0.3, -0.25) is 14.5 Å². The van der Waals surface area contributed by atoms with Gasteiger partial charge in [-0.05, 0) is 43.7 Å². The van der Waals surface area contributed by atoms with Crippen LogP contribution in [0.2, 0.25) is 5.02 Å². The molecule has 154 valence electrons. The molecule has 4 rings (SSSR count). The summed E-state index contributed by atoms with van der Waals surface area (Å²) in [6.45, 7) is 3.68. The molecule has 0 saturated carbocycles. The van der Waals surface area contributed by atoms with Crippen LogP contribution >= 0.6 is 22.9 Å². The lowest BCUT2D eigenvalue weighted by Crippen LogP contribution is -2.48. The van der Waals surface area contributed by atoms with Crippen LogP contribution in [-0.2, 0) is 9.59 Å². The van der Waals surface area contributed by atoms with Crippen LogP contribution in [0.25, 0.3) is 11.3 Å². The number of hydrogen-bond donors (Lipinski definition) is 1. The van der Waals surface area contributed by atoms with E-state index in [1.165, 1.54) is 4.90 Å². The number of ether oxygens (including phenoxy) is 1. The summed E-state index contributed by atoms with van der Waals surface area (Å²) >= 11 is 7.69. The van der Waals surface area contributed by atoms with Crippen LogP contribution in [-0.4, -0.2) is 29.4 Å². The molecule has 0 aliphatic carbocycles. The van der Waals surface area contributed by atoms with Crippen molar-refractivity contribution >= 4 is 46.1 Å². The number of fused-ring (bicyclic) bond motifs is 1. The van der Waals surface area contributed by atoms with E-state index < -0.39 is 6.10 Å². The predicted octanol–water partition coefficient (Wildman–Crippen LogP) is 4.91. The molecule has 0 radical (unpaired) electrons. The third-order valence-corrected chi connectivity index (χ3v) is 5.90. The van der Waals surface area contributed by atoms with E-state index in [0.717, 1.165) is 16.3 Å². The third-order valence-electron chi connectivity index (χ3n) is 4.80. The van der Waals surface area contributed by atoms with E-state index in [4.69, 9.17) is 16.3 Å². The minimum Gasteiger partial charge on any atom is -0.478 e.